The molecular formula is C32H60NO7P. The predicted octanol–water partition coefficient (Wildman–Crippen LogP) is 7.29. The molecule has 0 fully saturated rings. The Morgan fingerprint density at radius 3 is 2.10 bits per heavy atom. The number of hydrogen-bond acceptors (Lipinski definition) is 7. The van der Waals surface area contributed by atoms with Crippen LogP contribution in [0.2, 0.25) is 0 Å². The quantitative estimate of drug-likeness (QED) is 0.0306. The van der Waals surface area contributed by atoms with Crippen molar-refractivity contribution in [3.8, 4) is 0 Å². The van der Waals surface area contributed by atoms with Crippen LogP contribution in [0.3, 0.4) is 0 Å². The molecule has 0 N–H and O–H groups in total. The minimum absolute atomic E-state index is 0.0206. The second kappa shape index (κ2) is 26.4. The lowest BCUT2D eigenvalue weighted by atomic mass is 10.1. The van der Waals surface area contributed by atoms with Gasteiger partial charge < -0.3 is 27.9 Å². The third-order valence-electron chi connectivity index (χ3n) is 6.21. The molecule has 41 heavy (non-hydrogen) atoms. The lowest BCUT2D eigenvalue weighted by Crippen LogP contribution is -2.37. The van der Waals surface area contributed by atoms with Crippen molar-refractivity contribution in [3.05, 3.63) is 36.5 Å². The van der Waals surface area contributed by atoms with E-state index in [0.29, 0.717) is 24.1 Å². The standard InChI is InChI=1S/C32H60NO7P/c1-6-8-10-12-13-14-15-16-17-18-19-20-22-24-27-37-29-31(40-32(34)25-23-21-11-9-7-2)30-39-41(35,36)38-28-26-33(3,4)5/h8,10,13-14,16-17,31H,6-7,9,11-12,15,18-30H2,1-5H3/b10-8-,14-13-,17-16-. The van der Waals surface area contributed by atoms with Crippen molar-refractivity contribution < 1.29 is 37.3 Å². The summed E-state index contributed by atoms with van der Waals surface area (Å²) >= 11 is 0. The maximum absolute atomic E-state index is 12.3. The van der Waals surface area contributed by atoms with E-state index in [2.05, 4.69) is 50.3 Å². The number of unbranched alkanes of at least 4 members (excludes halogenated alkanes) is 8. The molecule has 240 valence electrons. The number of phosphoric ester groups is 1. The molecule has 0 heterocycles. The zero-order valence-electron chi connectivity index (χ0n) is 26.7. The van der Waals surface area contributed by atoms with Gasteiger partial charge in [-0.3, -0.25) is 9.36 Å². The largest absolute Gasteiger partial charge is 0.756 e. The molecule has 8 nitrogen and oxygen atoms in total. The smallest absolute Gasteiger partial charge is 0.306 e. The highest BCUT2D eigenvalue weighted by molar-refractivity contribution is 7.45. The first-order chi connectivity index (χ1) is 19.6. The lowest BCUT2D eigenvalue weighted by molar-refractivity contribution is -0.870. The first-order valence-corrected chi connectivity index (χ1v) is 17.2. The summed E-state index contributed by atoms with van der Waals surface area (Å²) in [5.74, 6) is -0.359. The second-order valence-electron chi connectivity index (χ2n) is 11.4. The van der Waals surface area contributed by atoms with E-state index in [9.17, 15) is 14.3 Å². The number of nitrogens with zero attached hydrogens (tertiary/aromatic N) is 1. The predicted molar refractivity (Wildman–Crippen MR) is 167 cm³/mol. The molecule has 0 amide bonds. The summed E-state index contributed by atoms with van der Waals surface area (Å²) in [7, 11) is 1.33. The molecule has 2 unspecified atom stereocenters. The van der Waals surface area contributed by atoms with Crippen molar-refractivity contribution >= 4 is 13.8 Å². The van der Waals surface area contributed by atoms with E-state index >= 15 is 0 Å². The Bertz CT molecular complexity index is 762. The number of esters is 1. The SMILES string of the molecule is CC/C=C\C/C=C\C/C=C\CCCCCCOCC(COP(=O)([O-])OCC[N+](C)(C)C)OC(=O)CCCCCCC. The molecule has 0 saturated carbocycles. The average Bonchev–Trinajstić information content (AvgIpc) is 2.90. The number of likely N-dealkylation sites (N-methyl/N-ethyl adjacent to an activating group) is 1. The van der Waals surface area contributed by atoms with Gasteiger partial charge in [-0.25, -0.2) is 0 Å². The maximum atomic E-state index is 12.3. The number of hydrogen-bond donors (Lipinski definition) is 0. The normalized spacial score (nSPS) is 14.8. The van der Waals surface area contributed by atoms with Crippen molar-refractivity contribution in [1.29, 1.82) is 0 Å². The minimum Gasteiger partial charge on any atom is -0.756 e. The van der Waals surface area contributed by atoms with Crippen molar-refractivity contribution in [3.63, 3.8) is 0 Å². The van der Waals surface area contributed by atoms with Gasteiger partial charge in [0.2, 0.25) is 0 Å². The molecule has 9 heteroatoms. The van der Waals surface area contributed by atoms with Crippen molar-refractivity contribution in [2.75, 3.05) is 54.1 Å². The van der Waals surface area contributed by atoms with Gasteiger partial charge in [-0.15, -0.1) is 0 Å². The molecule has 0 saturated heterocycles. The van der Waals surface area contributed by atoms with Crippen LogP contribution in [0.25, 0.3) is 0 Å². The van der Waals surface area contributed by atoms with Crippen molar-refractivity contribution in [2.24, 2.45) is 0 Å². The van der Waals surface area contributed by atoms with Crippen molar-refractivity contribution in [2.45, 2.75) is 110 Å². The Kier molecular flexibility index (Phi) is 25.5. The van der Waals surface area contributed by atoms with E-state index in [4.69, 9.17) is 18.5 Å². The summed E-state index contributed by atoms with van der Waals surface area (Å²) in [5.41, 5.74) is 0. The first-order valence-electron chi connectivity index (χ1n) is 15.7. The van der Waals surface area contributed by atoms with Gasteiger partial charge >= 0.3 is 5.97 Å². The summed E-state index contributed by atoms with van der Waals surface area (Å²) in [4.78, 5) is 24.5. The van der Waals surface area contributed by atoms with Crippen LogP contribution >= 0.6 is 7.82 Å². The monoisotopic (exact) mass is 601 g/mol. The third-order valence-corrected chi connectivity index (χ3v) is 7.17. The zero-order chi connectivity index (χ0) is 30.7. The highest BCUT2D eigenvalue weighted by Crippen LogP contribution is 2.38. The summed E-state index contributed by atoms with van der Waals surface area (Å²) in [6, 6.07) is 0. The van der Waals surface area contributed by atoms with Crippen LogP contribution in [0, 0.1) is 0 Å². The van der Waals surface area contributed by atoms with Crippen LogP contribution in [-0.4, -0.2) is 70.7 Å². The van der Waals surface area contributed by atoms with E-state index < -0.39 is 13.9 Å². The van der Waals surface area contributed by atoms with Crippen LogP contribution in [0.5, 0.6) is 0 Å². The van der Waals surface area contributed by atoms with E-state index in [1.807, 2.05) is 21.1 Å². The molecule has 0 radical (unpaired) electrons. The Hall–Kier alpha value is -1.28. The summed E-state index contributed by atoms with van der Waals surface area (Å²) in [6.07, 6.45) is 26.2. The number of quaternary nitrogens is 1. The highest BCUT2D eigenvalue weighted by atomic mass is 31.2. The fourth-order valence-electron chi connectivity index (χ4n) is 3.73. The molecule has 0 aromatic heterocycles. The van der Waals surface area contributed by atoms with Crippen molar-refractivity contribution in [1.82, 2.24) is 0 Å². The molecule has 0 aliphatic heterocycles. The molecule has 0 spiro atoms. The number of allylic oxidation sites excluding steroid dienone is 6. The van der Waals surface area contributed by atoms with Gasteiger partial charge in [0, 0.05) is 13.0 Å². The summed E-state index contributed by atoms with van der Waals surface area (Å²) in [5, 5.41) is 0. The average molecular weight is 602 g/mol. The van der Waals surface area contributed by atoms with Gasteiger partial charge in [0.05, 0.1) is 34.4 Å². The maximum Gasteiger partial charge on any atom is 0.306 e. The highest BCUT2D eigenvalue weighted by Gasteiger charge is 2.20. The van der Waals surface area contributed by atoms with Gasteiger partial charge in [-0.1, -0.05) is 88.8 Å². The number of carbonyl (C=O) groups is 1. The topological polar surface area (TPSA) is 94.1 Å². The van der Waals surface area contributed by atoms with E-state index in [1.165, 1.54) is 0 Å². The van der Waals surface area contributed by atoms with E-state index in [1.54, 1.807) is 0 Å². The first kappa shape index (κ1) is 39.7. The van der Waals surface area contributed by atoms with Gasteiger partial charge in [-0.05, 0) is 44.9 Å². The fraction of sp³-hybridized carbons (Fsp3) is 0.781. The molecule has 2 atom stereocenters. The van der Waals surface area contributed by atoms with Gasteiger partial charge in [0.15, 0.2) is 0 Å². The summed E-state index contributed by atoms with van der Waals surface area (Å²) in [6.45, 7) is 5.11. The van der Waals surface area contributed by atoms with E-state index in [-0.39, 0.29) is 25.8 Å². The Morgan fingerprint density at radius 2 is 1.41 bits per heavy atom. The minimum atomic E-state index is -4.50. The lowest BCUT2D eigenvalue weighted by Gasteiger charge is -2.28. The molecule has 0 aromatic rings. The Morgan fingerprint density at radius 1 is 0.780 bits per heavy atom. The molecule has 0 bridgehead atoms. The van der Waals surface area contributed by atoms with Gasteiger partial charge in [-0.2, -0.15) is 0 Å². The summed E-state index contributed by atoms with van der Waals surface area (Å²) < 4.78 is 34.0. The zero-order valence-corrected chi connectivity index (χ0v) is 27.6. The molecule has 0 aromatic carbocycles. The van der Waals surface area contributed by atoms with Gasteiger partial charge in [0.1, 0.15) is 19.3 Å². The van der Waals surface area contributed by atoms with Crippen LogP contribution in [0.1, 0.15) is 104 Å². The number of rotatable bonds is 28. The van der Waals surface area contributed by atoms with Crippen LogP contribution in [0.4, 0.5) is 0 Å². The van der Waals surface area contributed by atoms with Gasteiger partial charge in [0.25, 0.3) is 7.82 Å². The third kappa shape index (κ3) is 30.0. The number of carbonyl (C=O) groups excluding carboxylic acids is 1. The van der Waals surface area contributed by atoms with Crippen LogP contribution in [-0.2, 0) is 27.9 Å². The molecular weight excluding hydrogens is 541 g/mol. The second-order valence-corrected chi connectivity index (χ2v) is 12.8. The number of phosphoric acid groups is 1. The molecule has 0 aliphatic carbocycles. The molecule has 0 rings (SSSR count). The Labute approximate surface area is 251 Å². The van der Waals surface area contributed by atoms with Crippen LogP contribution in [0.15, 0.2) is 36.5 Å². The van der Waals surface area contributed by atoms with E-state index in [0.717, 1.165) is 83.5 Å². The van der Waals surface area contributed by atoms with Crippen LogP contribution < -0.4 is 4.89 Å². The fourth-order valence-corrected chi connectivity index (χ4v) is 4.46. The molecule has 0 aliphatic rings. The number of ether oxygens (including phenoxy) is 2. The Balaban J connectivity index is 4.32.